The minimum atomic E-state index is -0.327. The van der Waals surface area contributed by atoms with Crippen molar-refractivity contribution < 1.29 is 9.53 Å². The van der Waals surface area contributed by atoms with Crippen LogP contribution in [0.5, 0.6) is 5.75 Å². The number of aryl methyl sites for hydroxylation is 1. The summed E-state index contributed by atoms with van der Waals surface area (Å²) in [5, 5.41) is 7.95. The summed E-state index contributed by atoms with van der Waals surface area (Å²) in [6, 6.07) is 17.6. The van der Waals surface area contributed by atoms with Gasteiger partial charge >= 0.3 is 0 Å². The summed E-state index contributed by atoms with van der Waals surface area (Å²) in [6.45, 7) is 1.46. The van der Waals surface area contributed by atoms with Crippen molar-refractivity contribution >= 4 is 72.2 Å². The van der Waals surface area contributed by atoms with Gasteiger partial charge in [0, 0.05) is 20.7 Å². The van der Waals surface area contributed by atoms with Gasteiger partial charge in [-0.1, -0.05) is 45.7 Å². The molecule has 0 atom stereocenters. The summed E-state index contributed by atoms with van der Waals surface area (Å²) in [7, 11) is 0. The number of hydrogen-bond acceptors (Lipinski definition) is 5. The normalized spacial score (nSPS) is 11.2. The predicted octanol–water partition coefficient (Wildman–Crippen LogP) is 5.78. The number of hydrogen-bond donors (Lipinski definition) is 1. The van der Waals surface area contributed by atoms with Crippen molar-refractivity contribution in [1.29, 1.82) is 0 Å². The highest BCUT2D eigenvalue weighted by Crippen LogP contribution is 2.32. The molecule has 34 heavy (non-hydrogen) atoms. The molecule has 4 aromatic rings. The van der Waals surface area contributed by atoms with Gasteiger partial charge in [-0.05, 0) is 65.3 Å². The van der Waals surface area contributed by atoms with Gasteiger partial charge in [0.15, 0.2) is 6.61 Å². The van der Waals surface area contributed by atoms with E-state index in [0.717, 1.165) is 4.47 Å². The summed E-state index contributed by atoms with van der Waals surface area (Å²) >= 11 is 13.0. The Morgan fingerprint density at radius 3 is 2.71 bits per heavy atom. The van der Waals surface area contributed by atoms with E-state index >= 15 is 0 Å². The molecule has 0 bridgehead atoms. The first-order valence-corrected chi connectivity index (χ1v) is 12.0. The Morgan fingerprint density at radius 1 is 1.18 bits per heavy atom. The molecule has 0 spiro atoms. The number of rotatable bonds is 6. The summed E-state index contributed by atoms with van der Waals surface area (Å²) in [5.41, 5.74) is 1.41. The van der Waals surface area contributed by atoms with E-state index in [1.165, 1.54) is 10.9 Å². The second kappa shape index (κ2) is 10.5. The van der Waals surface area contributed by atoms with E-state index in [2.05, 4.69) is 47.3 Å². The first-order valence-electron chi connectivity index (χ1n) is 10.0. The minimum absolute atomic E-state index is 0.236. The van der Waals surface area contributed by atoms with Crippen LogP contribution in [0.25, 0.3) is 10.9 Å². The molecule has 172 valence electrons. The summed E-state index contributed by atoms with van der Waals surface area (Å²) < 4.78 is 8.28. The first kappa shape index (κ1) is 24.1. The minimum Gasteiger partial charge on any atom is -0.482 e. The molecule has 1 aromatic heterocycles. The Balaban J connectivity index is 1.62. The number of nitrogens with zero attached hydrogens (tertiary/aromatic N) is 3. The van der Waals surface area contributed by atoms with Crippen LogP contribution in [0.4, 0.5) is 5.69 Å². The highest BCUT2D eigenvalue weighted by molar-refractivity contribution is 9.10. The van der Waals surface area contributed by atoms with Crippen molar-refractivity contribution in [2.75, 3.05) is 11.9 Å². The van der Waals surface area contributed by atoms with E-state index in [4.69, 9.17) is 16.3 Å². The second-order valence-electron chi connectivity index (χ2n) is 7.19. The van der Waals surface area contributed by atoms with Gasteiger partial charge < -0.3 is 10.1 Å². The molecule has 0 radical (unpaired) electrons. The monoisotopic (exact) mass is 602 g/mol. The molecule has 3 aromatic carbocycles. The standard InChI is InChI=1S/C24H17Br2ClN4O3/c1-14-29-21-8-7-16(25)10-19(21)24(33)31(14)28-12-15-9-17(27)11-20(26)23(15)34-13-22(32)30-18-5-3-2-4-6-18/h2-12H,13H2,1H3,(H,30,32). The molecule has 0 unspecified atom stereocenters. The van der Waals surface area contributed by atoms with Crippen LogP contribution in [-0.4, -0.2) is 28.4 Å². The number of carbonyl (C=O) groups is 1. The fourth-order valence-corrected chi connectivity index (χ4v) is 4.51. The lowest BCUT2D eigenvalue weighted by molar-refractivity contribution is -0.118. The molecule has 0 aliphatic heterocycles. The van der Waals surface area contributed by atoms with Crippen molar-refractivity contribution in [1.82, 2.24) is 9.66 Å². The van der Waals surface area contributed by atoms with E-state index in [0.29, 0.717) is 43.2 Å². The third-order valence-corrected chi connectivity index (χ3v) is 6.03. The van der Waals surface area contributed by atoms with Gasteiger partial charge in [0.2, 0.25) is 0 Å². The number of amides is 1. The van der Waals surface area contributed by atoms with Crippen molar-refractivity contribution in [2.45, 2.75) is 6.92 Å². The van der Waals surface area contributed by atoms with Gasteiger partial charge in [0.05, 0.1) is 21.6 Å². The maximum absolute atomic E-state index is 13.0. The molecular formula is C24H17Br2ClN4O3. The Bertz CT molecular complexity index is 1470. The molecule has 4 rings (SSSR count). The molecule has 0 saturated carbocycles. The molecule has 1 N–H and O–H groups in total. The Kier molecular flexibility index (Phi) is 7.45. The first-order chi connectivity index (χ1) is 16.3. The van der Waals surface area contributed by atoms with E-state index in [1.54, 1.807) is 43.3 Å². The average Bonchev–Trinajstić information content (AvgIpc) is 2.79. The van der Waals surface area contributed by atoms with E-state index in [9.17, 15) is 9.59 Å². The van der Waals surface area contributed by atoms with Crippen LogP contribution >= 0.6 is 43.5 Å². The summed E-state index contributed by atoms with van der Waals surface area (Å²) in [6.07, 6.45) is 1.45. The largest absolute Gasteiger partial charge is 0.482 e. The van der Waals surface area contributed by atoms with Crippen LogP contribution < -0.4 is 15.6 Å². The van der Waals surface area contributed by atoms with Crippen LogP contribution in [0.15, 0.2) is 79.5 Å². The number of benzene rings is 3. The second-order valence-corrected chi connectivity index (χ2v) is 9.40. The summed E-state index contributed by atoms with van der Waals surface area (Å²) in [4.78, 5) is 29.8. The number of aromatic nitrogens is 2. The van der Waals surface area contributed by atoms with Crippen LogP contribution in [0.2, 0.25) is 5.02 Å². The van der Waals surface area contributed by atoms with Crippen molar-refractivity contribution in [3.05, 3.63) is 96.4 Å². The van der Waals surface area contributed by atoms with Gasteiger partial charge in [0.25, 0.3) is 11.5 Å². The van der Waals surface area contributed by atoms with Crippen molar-refractivity contribution in [2.24, 2.45) is 5.10 Å². The van der Waals surface area contributed by atoms with Crippen molar-refractivity contribution in [3.8, 4) is 5.75 Å². The van der Waals surface area contributed by atoms with Gasteiger partial charge in [-0.2, -0.15) is 9.78 Å². The van der Waals surface area contributed by atoms with E-state index in [-0.39, 0.29) is 18.1 Å². The lowest BCUT2D eigenvalue weighted by Gasteiger charge is -2.12. The number of para-hydroxylation sites is 1. The molecule has 7 nitrogen and oxygen atoms in total. The zero-order valence-electron chi connectivity index (χ0n) is 17.8. The number of anilines is 1. The number of nitrogens with one attached hydrogen (secondary N) is 1. The molecule has 10 heteroatoms. The van der Waals surface area contributed by atoms with Crippen molar-refractivity contribution in [3.63, 3.8) is 0 Å². The van der Waals surface area contributed by atoms with Crippen LogP contribution in [-0.2, 0) is 4.79 Å². The maximum Gasteiger partial charge on any atom is 0.282 e. The van der Waals surface area contributed by atoms with Gasteiger partial charge in [0.1, 0.15) is 11.6 Å². The maximum atomic E-state index is 13.0. The zero-order valence-corrected chi connectivity index (χ0v) is 21.7. The average molecular weight is 605 g/mol. The molecule has 0 fully saturated rings. The fraction of sp³-hybridized carbons (Fsp3) is 0.0833. The smallest absolute Gasteiger partial charge is 0.282 e. The Labute approximate surface area is 216 Å². The number of fused-ring (bicyclic) bond motifs is 1. The molecular weight excluding hydrogens is 588 g/mol. The third-order valence-electron chi connectivity index (χ3n) is 4.72. The number of ether oxygens (including phenoxy) is 1. The molecule has 1 heterocycles. The van der Waals surface area contributed by atoms with Crippen LogP contribution in [0.1, 0.15) is 11.4 Å². The highest BCUT2D eigenvalue weighted by atomic mass is 79.9. The molecule has 0 aliphatic carbocycles. The quantitative estimate of drug-likeness (QED) is 0.283. The van der Waals surface area contributed by atoms with Crippen LogP contribution in [0, 0.1) is 6.92 Å². The summed E-state index contributed by atoms with van der Waals surface area (Å²) in [5.74, 6) is 0.452. The predicted molar refractivity (Wildman–Crippen MR) is 141 cm³/mol. The van der Waals surface area contributed by atoms with Gasteiger partial charge in [-0.3, -0.25) is 9.59 Å². The fourth-order valence-electron chi connectivity index (χ4n) is 3.20. The topological polar surface area (TPSA) is 85.6 Å². The van der Waals surface area contributed by atoms with Gasteiger partial charge in [-0.15, -0.1) is 0 Å². The SMILES string of the molecule is Cc1nc2ccc(Br)cc2c(=O)n1N=Cc1cc(Cl)cc(Br)c1OCC(=O)Nc1ccccc1. The Hall–Kier alpha value is -3.01. The highest BCUT2D eigenvalue weighted by Gasteiger charge is 2.13. The molecule has 0 aliphatic rings. The lowest BCUT2D eigenvalue weighted by atomic mass is 10.2. The number of halogens is 3. The molecule has 0 saturated heterocycles. The van der Waals surface area contributed by atoms with Gasteiger partial charge in [-0.25, -0.2) is 4.98 Å². The lowest BCUT2D eigenvalue weighted by Crippen LogP contribution is -2.21. The zero-order chi connectivity index (χ0) is 24.2. The van der Waals surface area contributed by atoms with Crippen LogP contribution in [0.3, 0.4) is 0 Å². The van der Waals surface area contributed by atoms with E-state index < -0.39 is 0 Å². The Morgan fingerprint density at radius 2 is 1.94 bits per heavy atom. The number of carbonyl (C=O) groups excluding carboxylic acids is 1. The van der Waals surface area contributed by atoms with E-state index in [1.807, 2.05) is 24.3 Å². The third kappa shape index (κ3) is 5.55. The molecule has 1 amide bonds.